The van der Waals surface area contributed by atoms with Crippen LogP contribution in [0.4, 0.5) is 0 Å². The monoisotopic (exact) mass is 494 g/mol. The van der Waals surface area contributed by atoms with E-state index in [1.54, 1.807) is 19.1 Å². The smallest absolute Gasteiger partial charge is 0.342 e. The number of aliphatic carboxylic acids is 1. The van der Waals surface area contributed by atoms with Crippen LogP contribution in [0.2, 0.25) is 0 Å². The molecule has 192 valence electrons. The van der Waals surface area contributed by atoms with Crippen molar-refractivity contribution in [1.29, 1.82) is 0 Å². The van der Waals surface area contributed by atoms with Gasteiger partial charge in [0.25, 0.3) is 0 Å². The quantitative estimate of drug-likeness (QED) is 0.380. The highest BCUT2D eigenvalue weighted by Crippen LogP contribution is 2.33. The van der Waals surface area contributed by atoms with Crippen molar-refractivity contribution in [2.45, 2.75) is 82.3 Å². The van der Waals surface area contributed by atoms with Crippen LogP contribution < -0.4 is 4.74 Å². The van der Waals surface area contributed by atoms with Crippen molar-refractivity contribution >= 4 is 23.8 Å². The van der Waals surface area contributed by atoms with Crippen LogP contribution in [0, 0.1) is 0 Å². The van der Waals surface area contributed by atoms with Gasteiger partial charge in [0.1, 0.15) is 41.2 Å². The van der Waals surface area contributed by atoms with Crippen molar-refractivity contribution in [3.8, 4) is 11.5 Å². The van der Waals surface area contributed by atoms with Crippen LogP contribution in [0.25, 0.3) is 6.08 Å². The standard InChI is InChI=1S/C24H30O11/c1-12-6-5-9-14(25)8-4-2-3-7-13-10-15(11-16(26)17(13)23(32)33-12)34-24-20(29)18(27)19(28)21(35-24)22(30)31/h3,7,10-12,18-21,24,26-29H,2,4-6,8-9H2,1H3,(H,30,31)/b7-3+/t12-,18?,19-,20?,21?,24+/m0/s1. The van der Waals surface area contributed by atoms with Gasteiger partial charge in [0.2, 0.25) is 6.29 Å². The highest BCUT2D eigenvalue weighted by atomic mass is 16.7. The summed E-state index contributed by atoms with van der Waals surface area (Å²) in [6.07, 6.45) is -3.23. The molecule has 0 radical (unpaired) electrons. The molecule has 0 aliphatic carbocycles. The third-order valence-electron chi connectivity index (χ3n) is 5.89. The van der Waals surface area contributed by atoms with Gasteiger partial charge in [-0.3, -0.25) is 4.79 Å². The number of fused-ring (bicyclic) bond motifs is 1. The lowest BCUT2D eigenvalue weighted by molar-refractivity contribution is -0.271. The van der Waals surface area contributed by atoms with Gasteiger partial charge in [-0.2, -0.15) is 0 Å². The first-order valence-corrected chi connectivity index (χ1v) is 11.4. The number of ketones is 1. The van der Waals surface area contributed by atoms with Gasteiger partial charge >= 0.3 is 11.9 Å². The molecule has 6 atom stereocenters. The maximum Gasteiger partial charge on any atom is 0.342 e. The minimum absolute atomic E-state index is 0.0974. The summed E-state index contributed by atoms with van der Waals surface area (Å²) in [5, 5.41) is 49.8. The number of hydrogen-bond acceptors (Lipinski definition) is 10. The summed E-state index contributed by atoms with van der Waals surface area (Å²) in [5.41, 5.74) is 0.110. The van der Waals surface area contributed by atoms with E-state index in [0.717, 1.165) is 6.07 Å². The molecule has 2 aliphatic rings. The molecule has 3 unspecified atom stereocenters. The molecule has 3 rings (SSSR count). The second kappa shape index (κ2) is 11.6. The van der Waals surface area contributed by atoms with Crippen LogP contribution in [-0.2, 0) is 19.1 Å². The SMILES string of the molecule is C[C@H]1CCCC(=O)CCC/C=C/c2cc(O[C@@H]3OC(C(=O)O)[C@@H](O)C(O)C3O)cc(O)c2C(=O)O1. The molecule has 11 nitrogen and oxygen atoms in total. The molecule has 2 heterocycles. The number of aliphatic hydroxyl groups excluding tert-OH is 3. The summed E-state index contributed by atoms with van der Waals surface area (Å²) < 4.78 is 16.0. The zero-order chi connectivity index (χ0) is 25.7. The Morgan fingerprint density at radius 3 is 2.49 bits per heavy atom. The molecular formula is C24H30O11. The van der Waals surface area contributed by atoms with Crippen molar-refractivity contribution < 1.29 is 54.1 Å². The van der Waals surface area contributed by atoms with E-state index in [4.69, 9.17) is 14.2 Å². The number of phenols is 1. The lowest BCUT2D eigenvalue weighted by Crippen LogP contribution is -2.61. The Bertz CT molecular complexity index is 972. The summed E-state index contributed by atoms with van der Waals surface area (Å²) in [6.45, 7) is 1.69. The maximum absolute atomic E-state index is 12.8. The Kier molecular flexibility index (Phi) is 8.84. The minimum Gasteiger partial charge on any atom is -0.507 e. The Morgan fingerprint density at radius 1 is 1.06 bits per heavy atom. The molecule has 0 amide bonds. The third kappa shape index (κ3) is 6.57. The van der Waals surface area contributed by atoms with Gasteiger partial charge in [-0.1, -0.05) is 12.2 Å². The molecule has 2 aliphatic heterocycles. The minimum atomic E-state index is -1.88. The van der Waals surface area contributed by atoms with Gasteiger partial charge in [-0.05, 0) is 44.2 Å². The van der Waals surface area contributed by atoms with Gasteiger partial charge in [-0.15, -0.1) is 0 Å². The second-order valence-corrected chi connectivity index (χ2v) is 8.70. The van der Waals surface area contributed by atoms with Crippen LogP contribution in [0.1, 0.15) is 61.4 Å². The van der Waals surface area contributed by atoms with E-state index in [1.807, 2.05) is 0 Å². The van der Waals surface area contributed by atoms with E-state index in [1.165, 1.54) is 6.07 Å². The van der Waals surface area contributed by atoms with Gasteiger partial charge in [0.15, 0.2) is 6.10 Å². The molecule has 1 fully saturated rings. The molecule has 35 heavy (non-hydrogen) atoms. The van der Waals surface area contributed by atoms with E-state index in [-0.39, 0.29) is 22.7 Å². The Balaban J connectivity index is 1.90. The second-order valence-electron chi connectivity index (χ2n) is 8.70. The highest BCUT2D eigenvalue weighted by molar-refractivity contribution is 5.97. The Labute approximate surface area is 201 Å². The fraction of sp³-hybridized carbons (Fsp3) is 0.542. The number of aliphatic hydroxyl groups is 3. The number of carbonyl (C=O) groups is 3. The van der Waals surface area contributed by atoms with Crippen LogP contribution in [-0.4, -0.2) is 80.1 Å². The topological polar surface area (TPSA) is 180 Å². The number of allylic oxidation sites excluding steroid dienone is 1. The molecule has 0 aromatic heterocycles. The predicted molar refractivity (Wildman–Crippen MR) is 120 cm³/mol. The number of benzene rings is 1. The number of esters is 1. The summed E-state index contributed by atoms with van der Waals surface area (Å²) in [7, 11) is 0. The normalized spacial score (nSPS) is 31.5. The molecule has 1 aromatic rings. The number of phenolic OH excluding ortho intramolecular Hbond substituents is 1. The van der Waals surface area contributed by atoms with Crippen LogP contribution in [0.3, 0.4) is 0 Å². The fourth-order valence-corrected chi connectivity index (χ4v) is 3.97. The summed E-state index contributed by atoms with van der Waals surface area (Å²) >= 11 is 0. The van der Waals surface area contributed by atoms with Crippen LogP contribution in [0.15, 0.2) is 18.2 Å². The summed E-state index contributed by atoms with van der Waals surface area (Å²) in [5.74, 6) is -2.78. The average molecular weight is 494 g/mol. The number of cyclic esters (lactones) is 1. The lowest BCUT2D eigenvalue weighted by Gasteiger charge is -2.38. The summed E-state index contributed by atoms with van der Waals surface area (Å²) in [4.78, 5) is 36.1. The van der Waals surface area contributed by atoms with Crippen molar-refractivity contribution in [2.24, 2.45) is 0 Å². The van der Waals surface area contributed by atoms with E-state index in [0.29, 0.717) is 38.5 Å². The number of rotatable bonds is 3. The first-order valence-electron chi connectivity index (χ1n) is 11.4. The molecular weight excluding hydrogens is 464 g/mol. The average Bonchev–Trinajstić information content (AvgIpc) is 2.78. The van der Waals surface area contributed by atoms with Crippen molar-refractivity contribution in [2.75, 3.05) is 0 Å². The molecule has 0 spiro atoms. The molecule has 0 bridgehead atoms. The molecule has 1 saturated heterocycles. The largest absolute Gasteiger partial charge is 0.507 e. The van der Waals surface area contributed by atoms with Gasteiger partial charge in [-0.25, -0.2) is 9.59 Å². The third-order valence-corrected chi connectivity index (χ3v) is 5.89. The Hall–Kier alpha value is -2.99. The summed E-state index contributed by atoms with van der Waals surface area (Å²) in [6, 6.07) is 2.43. The molecule has 5 N–H and O–H groups in total. The number of Topliss-reactive ketones (excluding diaryl/α,β-unsaturated/α-hetero) is 1. The lowest BCUT2D eigenvalue weighted by atomic mass is 9.99. The van der Waals surface area contributed by atoms with Crippen molar-refractivity contribution in [1.82, 2.24) is 0 Å². The number of carbonyl (C=O) groups excluding carboxylic acids is 2. The zero-order valence-electron chi connectivity index (χ0n) is 19.2. The van der Waals surface area contributed by atoms with E-state index in [9.17, 15) is 39.9 Å². The number of hydrogen-bond donors (Lipinski definition) is 5. The predicted octanol–water partition coefficient (Wildman–Crippen LogP) is 1.14. The number of aromatic hydroxyl groups is 1. The first-order chi connectivity index (χ1) is 16.6. The first kappa shape index (κ1) is 26.6. The fourth-order valence-electron chi connectivity index (χ4n) is 3.97. The number of carboxylic acids is 1. The van der Waals surface area contributed by atoms with Gasteiger partial charge in [0, 0.05) is 18.9 Å². The molecule has 0 saturated carbocycles. The van der Waals surface area contributed by atoms with Crippen molar-refractivity contribution in [3.63, 3.8) is 0 Å². The molecule has 1 aromatic carbocycles. The Morgan fingerprint density at radius 2 is 1.77 bits per heavy atom. The van der Waals surface area contributed by atoms with E-state index in [2.05, 4.69) is 0 Å². The van der Waals surface area contributed by atoms with E-state index >= 15 is 0 Å². The van der Waals surface area contributed by atoms with Crippen LogP contribution in [0.5, 0.6) is 11.5 Å². The van der Waals surface area contributed by atoms with Crippen LogP contribution >= 0.6 is 0 Å². The number of ether oxygens (including phenoxy) is 3. The number of carboxylic acid groups (broad SMARTS) is 1. The van der Waals surface area contributed by atoms with E-state index < -0.39 is 54.5 Å². The van der Waals surface area contributed by atoms with Gasteiger partial charge in [0.05, 0.1) is 6.10 Å². The molecule has 11 heteroatoms. The maximum atomic E-state index is 12.8. The van der Waals surface area contributed by atoms with Crippen molar-refractivity contribution in [3.05, 3.63) is 29.3 Å². The zero-order valence-corrected chi connectivity index (χ0v) is 19.2. The highest BCUT2D eigenvalue weighted by Gasteiger charge is 2.48. The van der Waals surface area contributed by atoms with Gasteiger partial charge < -0.3 is 39.7 Å².